The normalized spacial score (nSPS) is 12.1. The van der Waals surface area contributed by atoms with Gasteiger partial charge in [0.15, 0.2) is 0 Å². The highest BCUT2D eigenvalue weighted by Gasteiger charge is 2.21. The number of hydrogen-bond acceptors (Lipinski definition) is 3. The fourth-order valence-corrected chi connectivity index (χ4v) is 3.32. The Hall–Kier alpha value is -0.210. The van der Waals surface area contributed by atoms with Gasteiger partial charge in [-0.25, -0.2) is 17.5 Å². The van der Waals surface area contributed by atoms with Crippen molar-refractivity contribution in [1.82, 2.24) is 4.72 Å². The van der Waals surface area contributed by atoms with Gasteiger partial charge in [-0.1, -0.05) is 0 Å². The average Bonchev–Trinajstić information content (AvgIpc) is 2.13. The van der Waals surface area contributed by atoms with Crippen LogP contribution in [0.4, 0.5) is 4.39 Å². The van der Waals surface area contributed by atoms with Gasteiger partial charge in [0.1, 0.15) is 5.82 Å². The van der Waals surface area contributed by atoms with Crippen LogP contribution >= 0.6 is 28.3 Å². The zero-order valence-corrected chi connectivity index (χ0v) is 13.1. The van der Waals surface area contributed by atoms with E-state index in [-0.39, 0.29) is 28.3 Å². The molecule has 0 aliphatic rings. The lowest BCUT2D eigenvalue weighted by Crippen LogP contribution is -2.45. The third-order valence-corrected chi connectivity index (χ3v) is 4.28. The molecule has 0 unspecified atom stereocenters. The van der Waals surface area contributed by atoms with Crippen LogP contribution in [-0.4, -0.2) is 20.5 Å². The largest absolute Gasteiger partial charge is 0.324 e. The minimum Gasteiger partial charge on any atom is -0.324 e. The van der Waals surface area contributed by atoms with Gasteiger partial charge < -0.3 is 5.73 Å². The molecule has 18 heavy (non-hydrogen) atoms. The fourth-order valence-electron chi connectivity index (χ4n) is 1.05. The number of nitrogens with one attached hydrogen (secondary N) is 1. The van der Waals surface area contributed by atoms with Gasteiger partial charge in [-0.2, -0.15) is 0 Å². The van der Waals surface area contributed by atoms with Crippen molar-refractivity contribution in [2.45, 2.75) is 24.3 Å². The summed E-state index contributed by atoms with van der Waals surface area (Å²) < 4.78 is 39.2. The number of nitrogens with two attached hydrogens (primary N) is 1. The van der Waals surface area contributed by atoms with Gasteiger partial charge in [-0.3, -0.25) is 0 Å². The van der Waals surface area contributed by atoms with Crippen LogP contribution in [0, 0.1) is 5.82 Å². The van der Waals surface area contributed by atoms with E-state index in [1.165, 1.54) is 6.07 Å². The minimum atomic E-state index is -3.68. The van der Waals surface area contributed by atoms with Gasteiger partial charge in [-0.05, 0) is 48.0 Å². The van der Waals surface area contributed by atoms with Crippen LogP contribution in [0.15, 0.2) is 27.6 Å². The molecule has 0 atom stereocenters. The van der Waals surface area contributed by atoms with E-state index in [1.54, 1.807) is 13.8 Å². The Kier molecular flexibility index (Phi) is 6.22. The molecular formula is C10H15BrClFN2O2S. The molecule has 0 amide bonds. The Morgan fingerprint density at radius 1 is 1.44 bits per heavy atom. The van der Waals surface area contributed by atoms with Crippen LogP contribution in [0.2, 0.25) is 0 Å². The number of sulfonamides is 1. The molecule has 1 aromatic rings. The van der Waals surface area contributed by atoms with Crippen LogP contribution in [-0.2, 0) is 10.0 Å². The van der Waals surface area contributed by atoms with Crippen molar-refractivity contribution < 1.29 is 12.8 Å². The molecule has 0 radical (unpaired) electrons. The lowest BCUT2D eigenvalue weighted by atomic mass is 10.1. The molecule has 1 aromatic carbocycles. The zero-order chi connectivity index (χ0) is 13.3. The Morgan fingerprint density at radius 2 is 2.00 bits per heavy atom. The summed E-state index contributed by atoms with van der Waals surface area (Å²) in [6.07, 6.45) is 0. The van der Waals surface area contributed by atoms with Gasteiger partial charge in [0.2, 0.25) is 10.0 Å². The van der Waals surface area contributed by atoms with Crippen molar-refractivity contribution >= 4 is 38.4 Å². The molecule has 0 bridgehead atoms. The van der Waals surface area contributed by atoms with Crippen molar-refractivity contribution in [3.63, 3.8) is 0 Å². The highest BCUT2D eigenvalue weighted by molar-refractivity contribution is 9.10. The molecule has 0 aromatic heterocycles. The summed E-state index contributed by atoms with van der Waals surface area (Å²) in [6, 6.07) is 3.39. The summed E-state index contributed by atoms with van der Waals surface area (Å²) >= 11 is 3.01. The fraction of sp³-hybridized carbons (Fsp3) is 0.400. The van der Waals surface area contributed by atoms with Crippen molar-refractivity contribution in [3.8, 4) is 0 Å². The average molecular weight is 362 g/mol. The summed E-state index contributed by atoms with van der Waals surface area (Å²) in [5.74, 6) is -0.505. The molecule has 4 nitrogen and oxygen atoms in total. The predicted octanol–water partition coefficient (Wildman–Crippen LogP) is 2.03. The number of rotatable bonds is 4. The van der Waals surface area contributed by atoms with E-state index in [4.69, 9.17) is 5.73 Å². The van der Waals surface area contributed by atoms with E-state index >= 15 is 0 Å². The van der Waals surface area contributed by atoms with Gasteiger partial charge in [0.05, 0.1) is 4.90 Å². The maximum absolute atomic E-state index is 12.8. The van der Waals surface area contributed by atoms with E-state index in [1.807, 2.05) is 0 Å². The first-order chi connectivity index (χ1) is 7.62. The van der Waals surface area contributed by atoms with Gasteiger partial charge >= 0.3 is 0 Å². The SMILES string of the molecule is CC(C)(N)CNS(=O)(=O)c1ccc(F)cc1Br.Cl. The van der Waals surface area contributed by atoms with Gasteiger partial charge in [-0.15, -0.1) is 12.4 Å². The predicted molar refractivity (Wildman–Crippen MR) is 74.8 cm³/mol. The lowest BCUT2D eigenvalue weighted by molar-refractivity contribution is 0.497. The second-order valence-corrected chi connectivity index (χ2v) is 6.98. The van der Waals surface area contributed by atoms with E-state index in [0.29, 0.717) is 0 Å². The minimum absolute atomic E-state index is 0. The second-order valence-electron chi connectivity index (χ2n) is 4.39. The quantitative estimate of drug-likeness (QED) is 0.862. The Morgan fingerprint density at radius 3 is 2.44 bits per heavy atom. The monoisotopic (exact) mass is 360 g/mol. The van der Waals surface area contributed by atoms with Gasteiger partial charge in [0.25, 0.3) is 0 Å². The zero-order valence-electron chi connectivity index (χ0n) is 9.91. The summed E-state index contributed by atoms with van der Waals surface area (Å²) in [4.78, 5) is -0.0110. The highest BCUT2D eigenvalue weighted by atomic mass is 79.9. The highest BCUT2D eigenvalue weighted by Crippen LogP contribution is 2.22. The van der Waals surface area contributed by atoms with E-state index in [9.17, 15) is 12.8 Å². The van der Waals surface area contributed by atoms with Crippen molar-refractivity contribution in [1.29, 1.82) is 0 Å². The Bertz CT molecular complexity index is 517. The van der Waals surface area contributed by atoms with Crippen LogP contribution in [0.5, 0.6) is 0 Å². The number of hydrogen-bond donors (Lipinski definition) is 2. The molecule has 104 valence electrons. The molecular weight excluding hydrogens is 347 g/mol. The molecule has 0 fully saturated rings. The van der Waals surface area contributed by atoms with E-state index in [0.717, 1.165) is 12.1 Å². The maximum Gasteiger partial charge on any atom is 0.241 e. The smallest absolute Gasteiger partial charge is 0.241 e. The van der Waals surface area contributed by atoms with Crippen molar-refractivity contribution in [2.75, 3.05) is 6.54 Å². The molecule has 3 N–H and O–H groups in total. The summed E-state index contributed by atoms with van der Waals surface area (Å²) in [5.41, 5.74) is 5.03. The third kappa shape index (κ3) is 5.19. The summed E-state index contributed by atoms with van der Waals surface area (Å²) in [6.45, 7) is 3.50. The Balaban J connectivity index is 0.00000289. The lowest BCUT2D eigenvalue weighted by Gasteiger charge is -2.19. The molecule has 8 heteroatoms. The van der Waals surface area contributed by atoms with Crippen LogP contribution < -0.4 is 10.5 Å². The van der Waals surface area contributed by atoms with Crippen molar-refractivity contribution in [2.24, 2.45) is 5.73 Å². The molecule has 1 rings (SSSR count). The molecule has 0 saturated carbocycles. The molecule has 0 aliphatic heterocycles. The van der Waals surface area contributed by atoms with E-state index < -0.39 is 21.4 Å². The third-order valence-electron chi connectivity index (χ3n) is 1.90. The maximum atomic E-state index is 12.8. The van der Waals surface area contributed by atoms with Gasteiger partial charge in [0, 0.05) is 16.6 Å². The summed E-state index contributed by atoms with van der Waals surface area (Å²) in [5, 5.41) is 0. The first-order valence-electron chi connectivity index (χ1n) is 4.85. The van der Waals surface area contributed by atoms with Crippen LogP contribution in [0.1, 0.15) is 13.8 Å². The molecule has 0 aliphatic carbocycles. The molecule has 0 heterocycles. The first kappa shape index (κ1) is 17.8. The number of halogens is 3. The van der Waals surface area contributed by atoms with Crippen LogP contribution in [0.3, 0.4) is 0 Å². The van der Waals surface area contributed by atoms with Crippen molar-refractivity contribution in [3.05, 3.63) is 28.5 Å². The van der Waals surface area contributed by atoms with E-state index in [2.05, 4.69) is 20.7 Å². The summed E-state index contributed by atoms with van der Waals surface area (Å²) in [7, 11) is -3.68. The van der Waals surface area contributed by atoms with Crippen LogP contribution in [0.25, 0.3) is 0 Å². The topological polar surface area (TPSA) is 72.2 Å². The Labute approximate surface area is 121 Å². The second kappa shape index (κ2) is 6.29. The first-order valence-corrected chi connectivity index (χ1v) is 7.13. The molecule has 0 spiro atoms. The molecule has 0 saturated heterocycles. The standard InChI is InChI=1S/C10H14BrFN2O2S.ClH/c1-10(2,13)6-14-17(15,16)9-4-3-7(12)5-8(9)11;/h3-5,14H,6,13H2,1-2H3;1H. The number of benzene rings is 1.